The van der Waals surface area contributed by atoms with E-state index in [0.717, 1.165) is 6.08 Å². The molecule has 17 heavy (non-hydrogen) atoms. The summed E-state index contributed by atoms with van der Waals surface area (Å²) in [5.41, 5.74) is 0.755. The van der Waals surface area contributed by atoms with Crippen molar-refractivity contribution in [1.29, 1.82) is 0 Å². The van der Waals surface area contributed by atoms with E-state index in [1.165, 1.54) is 14.2 Å². The quantitative estimate of drug-likeness (QED) is 0.753. The van der Waals surface area contributed by atoms with Crippen LogP contribution in [0.5, 0.6) is 11.5 Å². The van der Waals surface area contributed by atoms with Crippen molar-refractivity contribution in [3.63, 3.8) is 0 Å². The van der Waals surface area contributed by atoms with Crippen LogP contribution in [-0.4, -0.2) is 37.0 Å². The van der Waals surface area contributed by atoms with Gasteiger partial charge >= 0.3 is 5.97 Å². The second-order valence-electron chi connectivity index (χ2n) is 3.23. The molecule has 0 unspecified atom stereocenters. The summed E-state index contributed by atoms with van der Waals surface area (Å²) < 4.78 is 10.2. The smallest absolute Gasteiger partial charge is 0.328 e. The molecule has 1 rings (SSSR count). The Balaban J connectivity index is 3.29. The summed E-state index contributed by atoms with van der Waals surface area (Å²) in [7, 11) is 2.98. The third-order valence-electron chi connectivity index (χ3n) is 2.22. The molecule has 92 valence electrons. The largest absolute Gasteiger partial charge is 0.497 e. The van der Waals surface area contributed by atoms with E-state index < -0.39 is 12.6 Å². The van der Waals surface area contributed by atoms with Crippen LogP contribution < -0.4 is 9.47 Å². The number of methoxy groups -OCH3 is 2. The van der Waals surface area contributed by atoms with Crippen LogP contribution in [0.15, 0.2) is 24.3 Å². The van der Waals surface area contributed by atoms with Crippen molar-refractivity contribution in [2.24, 2.45) is 0 Å². The molecule has 0 bridgehead atoms. The van der Waals surface area contributed by atoms with Crippen LogP contribution in [0.4, 0.5) is 0 Å². The Hall–Kier alpha value is -2.01. The number of carboxylic acids is 1. The third-order valence-corrected chi connectivity index (χ3v) is 2.22. The number of carbonyl (C=O) groups is 1. The van der Waals surface area contributed by atoms with Crippen molar-refractivity contribution in [2.75, 3.05) is 20.8 Å². The minimum Gasteiger partial charge on any atom is -0.497 e. The van der Waals surface area contributed by atoms with Gasteiger partial charge in [0.15, 0.2) is 0 Å². The number of aliphatic carboxylic acids is 1. The third kappa shape index (κ3) is 3.22. The molecule has 1 aromatic carbocycles. The van der Waals surface area contributed by atoms with E-state index in [-0.39, 0.29) is 5.57 Å². The average molecular weight is 238 g/mol. The standard InChI is InChI=1S/C12H14O5/c1-16-9-3-4-11(17-2)10(6-9)8(7-13)5-12(14)15/h3-6,13H,7H2,1-2H3,(H,14,15)/b8-5+. The Kier molecular flexibility index (Phi) is 4.54. The minimum atomic E-state index is -1.13. The minimum absolute atomic E-state index is 0.258. The Morgan fingerprint density at radius 2 is 2.06 bits per heavy atom. The molecule has 1 aromatic rings. The van der Waals surface area contributed by atoms with E-state index in [1.807, 2.05) is 0 Å². The van der Waals surface area contributed by atoms with Gasteiger partial charge in [-0.15, -0.1) is 0 Å². The van der Waals surface area contributed by atoms with Crippen LogP contribution in [0, 0.1) is 0 Å². The molecular formula is C12H14O5. The topological polar surface area (TPSA) is 76.0 Å². The number of aliphatic hydroxyl groups excluding tert-OH is 1. The molecule has 0 aliphatic rings. The van der Waals surface area contributed by atoms with Gasteiger partial charge in [0.25, 0.3) is 0 Å². The summed E-state index contributed by atoms with van der Waals surface area (Å²) in [6.07, 6.45) is 0.942. The van der Waals surface area contributed by atoms with Crippen molar-refractivity contribution >= 4 is 11.5 Å². The molecule has 0 radical (unpaired) electrons. The monoisotopic (exact) mass is 238 g/mol. The maximum Gasteiger partial charge on any atom is 0.328 e. The highest BCUT2D eigenvalue weighted by Crippen LogP contribution is 2.29. The molecule has 0 fully saturated rings. The Morgan fingerprint density at radius 1 is 1.35 bits per heavy atom. The first-order valence-corrected chi connectivity index (χ1v) is 4.89. The van der Waals surface area contributed by atoms with Gasteiger partial charge in [-0.3, -0.25) is 0 Å². The number of carboxylic acid groups (broad SMARTS) is 1. The number of rotatable bonds is 5. The lowest BCUT2D eigenvalue weighted by molar-refractivity contribution is -0.131. The van der Waals surface area contributed by atoms with Gasteiger partial charge in [-0.05, 0) is 23.8 Å². The first kappa shape index (κ1) is 13.1. The van der Waals surface area contributed by atoms with Crippen LogP contribution >= 0.6 is 0 Å². The number of aliphatic hydroxyl groups is 1. The lowest BCUT2D eigenvalue weighted by atomic mass is 10.0. The van der Waals surface area contributed by atoms with Gasteiger partial charge in [-0.2, -0.15) is 0 Å². The molecule has 5 heteroatoms. The van der Waals surface area contributed by atoms with Crippen molar-refractivity contribution < 1.29 is 24.5 Å². The van der Waals surface area contributed by atoms with E-state index in [0.29, 0.717) is 17.1 Å². The van der Waals surface area contributed by atoms with Crippen molar-refractivity contribution in [2.45, 2.75) is 0 Å². The van der Waals surface area contributed by atoms with Crippen molar-refractivity contribution in [3.05, 3.63) is 29.8 Å². The lowest BCUT2D eigenvalue weighted by Gasteiger charge is -2.11. The highest BCUT2D eigenvalue weighted by atomic mass is 16.5. The van der Waals surface area contributed by atoms with Gasteiger partial charge in [0.05, 0.1) is 20.8 Å². The van der Waals surface area contributed by atoms with Gasteiger partial charge in [0.1, 0.15) is 11.5 Å². The summed E-state index contributed by atoms with van der Waals surface area (Å²) in [5.74, 6) is -0.0863. The van der Waals surface area contributed by atoms with Gasteiger partial charge in [-0.1, -0.05) is 0 Å². The predicted octanol–water partition coefficient (Wildman–Crippen LogP) is 1.16. The number of benzene rings is 1. The molecule has 0 aliphatic carbocycles. The SMILES string of the molecule is COc1ccc(OC)c(/C(=C/C(=O)O)CO)c1. The molecule has 0 atom stereocenters. The highest BCUT2D eigenvalue weighted by Gasteiger charge is 2.11. The zero-order valence-electron chi connectivity index (χ0n) is 9.64. The van der Waals surface area contributed by atoms with Gasteiger partial charge in [-0.25, -0.2) is 4.79 Å². The molecule has 0 aliphatic heterocycles. The Bertz CT molecular complexity index is 437. The maximum atomic E-state index is 10.6. The molecule has 0 heterocycles. The van der Waals surface area contributed by atoms with E-state index in [1.54, 1.807) is 18.2 Å². The summed E-state index contributed by atoms with van der Waals surface area (Å²) in [5, 5.41) is 17.9. The Morgan fingerprint density at radius 3 is 2.53 bits per heavy atom. The first-order valence-electron chi connectivity index (χ1n) is 4.89. The van der Waals surface area contributed by atoms with E-state index >= 15 is 0 Å². The zero-order valence-corrected chi connectivity index (χ0v) is 9.64. The predicted molar refractivity (Wildman–Crippen MR) is 62.2 cm³/mol. The number of hydrogen-bond donors (Lipinski definition) is 2. The molecular weight excluding hydrogens is 224 g/mol. The molecule has 0 aromatic heterocycles. The van der Waals surface area contributed by atoms with E-state index in [2.05, 4.69) is 0 Å². The van der Waals surface area contributed by atoms with Gasteiger partial charge in [0, 0.05) is 11.6 Å². The van der Waals surface area contributed by atoms with E-state index in [4.69, 9.17) is 14.6 Å². The van der Waals surface area contributed by atoms with Crippen LogP contribution in [0.2, 0.25) is 0 Å². The molecule has 5 nitrogen and oxygen atoms in total. The van der Waals surface area contributed by atoms with Crippen molar-refractivity contribution in [1.82, 2.24) is 0 Å². The fourth-order valence-corrected chi connectivity index (χ4v) is 1.42. The molecule has 2 N–H and O–H groups in total. The maximum absolute atomic E-state index is 10.6. The fourth-order valence-electron chi connectivity index (χ4n) is 1.42. The summed E-state index contributed by atoms with van der Waals surface area (Å²) in [6.45, 7) is -0.393. The first-order chi connectivity index (χ1) is 8.12. The fraction of sp³-hybridized carbons (Fsp3) is 0.250. The average Bonchev–Trinajstić information content (AvgIpc) is 2.34. The molecule has 0 saturated carbocycles. The van der Waals surface area contributed by atoms with Crippen LogP contribution in [0.3, 0.4) is 0 Å². The summed E-state index contributed by atoms with van der Waals surface area (Å²) in [6, 6.07) is 4.96. The summed E-state index contributed by atoms with van der Waals surface area (Å²) >= 11 is 0. The number of hydrogen-bond acceptors (Lipinski definition) is 4. The van der Waals surface area contributed by atoms with Crippen molar-refractivity contribution in [3.8, 4) is 11.5 Å². The van der Waals surface area contributed by atoms with Crippen LogP contribution in [-0.2, 0) is 4.79 Å². The normalized spacial score (nSPS) is 11.1. The zero-order chi connectivity index (χ0) is 12.8. The Labute approximate surface area is 98.9 Å². The van der Waals surface area contributed by atoms with Crippen LogP contribution in [0.1, 0.15) is 5.56 Å². The van der Waals surface area contributed by atoms with Crippen LogP contribution in [0.25, 0.3) is 5.57 Å². The van der Waals surface area contributed by atoms with Gasteiger partial charge < -0.3 is 19.7 Å². The van der Waals surface area contributed by atoms with Gasteiger partial charge in [0.2, 0.25) is 0 Å². The molecule has 0 saturated heterocycles. The molecule has 0 spiro atoms. The molecule has 0 amide bonds. The summed E-state index contributed by atoms with van der Waals surface area (Å²) in [4.78, 5) is 10.6. The highest BCUT2D eigenvalue weighted by molar-refractivity contribution is 5.91. The second-order valence-corrected chi connectivity index (χ2v) is 3.23. The lowest BCUT2D eigenvalue weighted by Crippen LogP contribution is -1.99. The number of ether oxygens (including phenoxy) is 2. The van der Waals surface area contributed by atoms with E-state index in [9.17, 15) is 9.90 Å². The second kappa shape index (κ2) is 5.91.